The first-order chi connectivity index (χ1) is 6.75. The lowest BCUT2D eigenvalue weighted by Gasteiger charge is -2.09. The van der Waals surface area contributed by atoms with Crippen molar-refractivity contribution in [2.24, 2.45) is 0 Å². The van der Waals surface area contributed by atoms with Gasteiger partial charge in [-0.25, -0.2) is 9.18 Å². The molecule has 1 aromatic carbocycles. The van der Waals surface area contributed by atoms with Gasteiger partial charge in [0.1, 0.15) is 11.6 Å². The van der Waals surface area contributed by atoms with Crippen LogP contribution in [-0.4, -0.2) is 18.7 Å². The molecular weight excluding hydrogens is 187 g/mol. The molecule has 1 aliphatic heterocycles. The lowest BCUT2D eigenvalue weighted by molar-refractivity contribution is -0.143. The highest BCUT2D eigenvalue weighted by atomic mass is 19.1. The van der Waals surface area contributed by atoms with Gasteiger partial charge in [0.15, 0.2) is 6.10 Å². The van der Waals surface area contributed by atoms with Crippen LogP contribution in [0.1, 0.15) is 6.42 Å². The molecule has 1 heterocycles. The Morgan fingerprint density at radius 3 is 2.64 bits per heavy atom. The molecule has 14 heavy (non-hydrogen) atoms. The van der Waals surface area contributed by atoms with Crippen molar-refractivity contribution >= 4 is 5.97 Å². The zero-order chi connectivity index (χ0) is 9.97. The van der Waals surface area contributed by atoms with Gasteiger partial charge in [-0.05, 0) is 24.3 Å². The van der Waals surface area contributed by atoms with Gasteiger partial charge in [-0.1, -0.05) is 0 Å². The first-order valence-electron chi connectivity index (χ1n) is 4.34. The molecule has 0 radical (unpaired) electrons. The Bertz CT molecular complexity index is 334. The van der Waals surface area contributed by atoms with Crippen LogP contribution in [0.15, 0.2) is 24.3 Å². The van der Waals surface area contributed by atoms with E-state index in [0.717, 1.165) is 0 Å². The normalized spacial score (nSPS) is 20.6. The summed E-state index contributed by atoms with van der Waals surface area (Å²) in [6.07, 6.45) is 0.0106. The minimum Gasteiger partial charge on any atom is -0.479 e. The second kappa shape index (κ2) is 3.65. The van der Waals surface area contributed by atoms with Gasteiger partial charge in [-0.15, -0.1) is 0 Å². The largest absolute Gasteiger partial charge is 0.479 e. The van der Waals surface area contributed by atoms with E-state index in [2.05, 4.69) is 0 Å². The third kappa shape index (κ3) is 1.84. The summed E-state index contributed by atoms with van der Waals surface area (Å²) >= 11 is 0. The van der Waals surface area contributed by atoms with Gasteiger partial charge in [0.2, 0.25) is 0 Å². The van der Waals surface area contributed by atoms with E-state index in [9.17, 15) is 9.18 Å². The van der Waals surface area contributed by atoms with E-state index in [-0.39, 0.29) is 11.8 Å². The van der Waals surface area contributed by atoms with E-state index >= 15 is 0 Å². The van der Waals surface area contributed by atoms with Crippen LogP contribution in [0.2, 0.25) is 0 Å². The highest BCUT2D eigenvalue weighted by Crippen LogP contribution is 2.17. The summed E-state index contributed by atoms with van der Waals surface area (Å²) < 4.78 is 22.6. The summed E-state index contributed by atoms with van der Waals surface area (Å²) in [6.45, 7) is 0.394. The van der Waals surface area contributed by atoms with E-state index in [1.807, 2.05) is 0 Å². The molecule has 1 atom stereocenters. The number of esters is 1. The highest BCUT2D eigenvalue weighted by Gasteiger charge is 2.28. The average Bonchev–Trinajstić information content (AvgIpc) is 2.56. The van der Waals surface area contributed by atoms with Crippen LogP contribution in [-0.2, 0) is 9.53 Å². The average molecular weight is 196 g/mol. The van der Waals surface area contributed by atoms with E-state index in [4.69, 9.17) is 9.47 Å². The Balaban J connectivity index is 2.03. The maximum absolute atomic E-state index is 12.5. The molecule has 1 aromatic rings. The Labute approximate surface area is 80.4 Å². The monoisotopic (exact) mass is 196 g/mol. The molecule has 0 N–H and O–H groups in total. The van der Waals surface area contributed by atoms with E-state index < -0.39 is 6.10 Å². The first kappa shape index (κ1) is 8.99. The Morgan fingerprint density at radius 2 is 2.07 bits per heavy atom. The fraction of sp³-hybridized carbons (Fsp3) is 0.300. The van der Waals surface area contributed by atoms with Gasteiger partial charge in [0.05, 0.1) is 6.61 Å². The number of carbonyl (C=O) groups is 1. The molecule has 4 heteroatoms. The SMILES string of the molecule is O=C1OCCC1Oc1ccc(F)cc1. The number of benzene rings is 1. The molecule has 0 aliphatic carbocycles. The molecule has 0 bridgehead atoms. The topological polar surface area (TPSA) is 35.5 Å². The molecule has 2 rings (SSSR count). The molecule has 0 aromatic heterocycles. The minimum atomic E-state index is -0.541. The summed E-state index contributed by atoms with van der Waals surface area (Å²) in [7, 11) is 0. The number of hydrogen-bond acceptors (Lipinski definition) is 3. The van der Waals surface area contributed by atoms with Crippen molar-refractivity contribution in [1.29, 1.82) is 0 Å². The third-order valence-electron chi connectivity index (χ3n) is 1.98. The van der Waals surface area contributed by atoms with Crippen LogP contribution >= 0.6 is 0 Å². The Morgan fingerprint density at radius 1 is 1.36 bits per heavy atom. The standard InChI is InChI=1S/C10H9FO3/c11-7-1-3-8(4-2-7)14-9-5-6-13-10(9)12/h1-4,9H,5-6H2. The summed E-state index contributed by atoms with van der Waals surface area (Å²) in [4.78, 5) is 11.0. The number of cyclic esters (lactones) is 1. The Kier molecular flexibility index (Phi) is 2.35. The second-order valence-corrected chi connectivity index (χ2v) is 3.02. The highest BCUT2D eigenvalue weighted by molar-refractivity contribution is 5.76. The van der Waals surface area contributed by atoms with Crippen molar-refractivity contribution in [3.63, 3.8) is 0 Å². The quantitative estimate of drug-likeness (QED) is 0.673. The molecule has 1 saturated heterocycles. The van der Waals surface area contributed by atoms with Crippen LogP contribution in [0.3, 0.4) is 0 Å². The minimum absolute atomic E-state index is 0.327. The molecular formula is C10H9FO3. The van der Waals surface area contributed by atoms with Crippen LogP contribution in [0.25, 0.3) is 0 Å². The summed E-state index contributed by atoms with van der Waals surface area (Å²) in [6, 6.07) is 5.55. The van der Waals surface area contributed by atoms with E-state index in [0.29, 0.717) is 18.8 Å². The number of carbonyl (C=O) groups excluding carboxylic acids is 1. The number of hydrogen-bond donors (Lipinski definition) is 0. The second-order valence-electron chi connectivity index (χ2n) is 3.02. The lowest BCUT2D eigenvalue weighted by atomic mass is 10.3. The van der Waals surface area contributed by atoms with Crippen molar-refractivity contribution in [2.75, 3.05) is 6.61 Å². The predicted octanol–water partition coefficient (Wildman–Crippen LogP) is 1.52. The van der Waals surface area contributed by atoms with Crippen LogP contribution in [0.4, 0.5) is 4.39 Å². The summed E-state index contributed by atoms with van der Waals surface area (Å²) in [5, 5.41) is 0. The van der Waals surface area contributed by atoms with Crippen LogP contribution in [0.5, 0.6) is 5.75 Å². The molecule has 1 fully saturated rings. The van der Waals surface area contributed by atoms with E-state index in [1.165, 1.54) is 24.3 Å². The zero-order valence-electron chi connectivity index (χ0n) is 7.40. The molecule has 0 saturated carbocycles. The Hall–Kier alpha value is -1.58. The summed E-state index contributed by atoms with van der Waals surface area (Å²) in [5.41, 5.74) is 0. The number of rotatable bonds is 2. The van der Waals surface area contributed by atoms with Crippen LogP contribution < -0.4 is 4.74 Å². The zero-order valence-corrected chi connectivity index (χ0v) is 7.40. The molecule has 0 spiro atoms. The molecule has 74 valence electrons. The third-order valence-corrected chi connectivity index (χ3v) is 1.98. The van der Waals surface area contributed by atoms with Crippen molar-refractivity contribution in [1.82, 2.24) is 0 Å². The summed E-state index contributed by atoms with van der Waals surface area (Å²) in [5.74, 6) is -0.198. The van der Waals surface area contributed by atoms with Gasteiger partial charge >= 0.3 is 5.97 Å². The first-order valence-corrected chi connectivity index (χ1v) is 4.34. The number of halogens is 1. The van der Waals surface area contributed by atoms with E-state index in [1.54, 1.807) is 0 Å². The predicted molar refractivity (Wildman–Crippen MR) is 46.4 cm³/mol. The van der Waals surface area contributed by atoms with Gasteiger partial charge in [0, 0.05) is 6.42 Å². The fourth-order valence-corrected chi connectivity index (χ4v) is 1.26. The van der Waals surface area contributed by atoms with Gasteiger partial charge < -0.3 is 9.47 Å². The van der Waals surface area contributed by atoms with Crippen molar-refractivity contribution in [2.45, 2.75) is 12.5 Å². The maximum atomic E-state index is 12.5. The molecule has 0 amide bonds. The molecule has 1 aliphatic rings. The van der Waals surface area contributed by atoms with Crippen molar-refractivity contribution in [3.8, 4) is 5.75 Å². The van der Waals surface area contributed by atoms with Gasteiger partial charge in [-0.3, -0.25) is 0 Å². The fourth-order valence-electron chi connectivity index (χ4n) is 1.26. The van der Waals surface area contributed by atoms with Crippen molar-refractivity contribution < 1.29 is 18.7 Å². The van der Waals surface area contributed by atoms with Crippen molar-refractivity contribution in [3.05, 3.63) is 30.1 Å². The molecule has 1 unspecified atom stereocenters. The van der Waals surface area contributed by atoms with Crippen LogP contribution in [0, 0.1) is 5.82 Å². The molecule has 3 nitrogen and oxygen atoms in total. The van der Waals surface area contributed by atoms with Gasteiger partial charge in [0.25, 0.3) is 0 Å². The lowest BCUT2D eigenvalue weighted by Crippen LogP contribution is -2.21. The smallest absolute Gasteiger partial charge is 0.347 e. The number of ether oxygens (including phenoxy) is 2. The maximum Gasteiger partial charge on any atom is 0.347 e. The van der Waals surface area contributed by atoms with Gasteiger partial charge in [-0.2, -0.15) is 0 Å².